The number of aromatic amines is 1. The van der Waals surface area contributed by atoms with Gasteiger partial charge in [-0.05, 0) is 26.2 Å². The van der Waals surface area contributed by atoms with Crippen LogP contribution in [-0.2, 0) is 6.42 Å². The molecule has 0 radical (unpaired) electrons. The molecular formula is C22H25N9O2. The third-order valence-electron chi connectivity index (χ3n) is 5.58. The second-order valence-electron chi connectivity index (χ2n) is 7.83. The van der Waals surface area contributed by atoms with Gasteiger partial charge in [0.05, 0.1) is 18.8 Å². The molecule has 11 heteroatoms. The Balaban J connectivity index is 1.44. The molecule has 1 unspecified atom stereocenters. The van der Waals surface area contributed by atoms with Gasteiger partial charge in [-0.2, -0.15) is 15.1 Å². The van der Waals surface area contributed by atoms with Crippen LogP contribution < -0.4 is 15.0 Å². The Hall–Kier alpha value is -4.02. The molecule has 170 valence electrons. The zero-order chi connectivity index (χ0) is 22.8. The molecule has 2 N–H and O–H groups in total. The molecule has 0 spiro atoms. The van der Waals surface area contributed by atoms with Gasteiger partial charge in [0, 0.05) is 42.8 Å². The number of H-pyrrole nitrogens is 1. The summed E-state index contributed by atoms with van der Waals surface area (Å²) in [4.78, 5) is 20.3. The molecule has 5 rings (SSSR count). The molecule has 0 aliphatic carbocycles. The Morgan fingerprint density at radius 3 is 2.85 bits per heavy atom. The summed E-state index contributed by atoms with van der Waals surface area (Å²) in [6, 6.07) is 5.55. The van der Waals surface area contributed by atoms with E-state index >= 15 is 0 Å². The fraction of sp³-hybridized carbons (Fsp3) is 0.364. The van der Waals surface area contributed by atoms with E-state index < -0.39 is 0 Å². The van der Waals surface area contributed by atoms with Crippen LogP contribution in [0.5, 0.6) is 5.88 Å². The van der Waals surface area contributed by atoms with Gasteiger partial charge in [-0.3, -0.25) is 15.1 Å². The van der Waals surface area contributed by atoms with Crippen molar-refractivity contribution in [2.75, 3.05) is 23.9 Å². The highest BCUT2D eigenvalue weighted by Crippen LogP contribution is 2.37. The lowest BCUT2D eigenvalue weighted by molar-refractivity contribution is 0.361. The van der Waals surface area contributed by atoms with E-state index in [-0.39, 0.29) is 6.04 Å². The van der Waals surface area contributed by atoms with Crippen LogP contribution in [0.4, 0.5) is 17.6 Å². The number of aromatic nitrogens is 7. The van der Waals surface area contributed by atoms with Crippen molar-refractivity contribution in [3.8, 4) is 17.3 Å². The maximum absolute atomic E-state index is 5.76. The summed E-state index contributed by atoms with van der Waals surface area (Å²) in [5.74, 6) is 3.04. The average molecular weight is 448 g/mol. The van der Waals surface area contributed by atoms with Gasteiger partial charge >= 0.3 is 0 Å². The lowest BCUT2D eigenvalue weighted by Crippen LogP contribution is -2.24. The Labute approximate surface area is 190 Å². The van der Waals surface area contributed by atoms with Crippen molar-refractivity contribution in [3.63, 3.8) is 0 Å². The molecule has 11 nitrogen and oxygen atoms in total. The quantitative estimate of drug-likeness (QED) is 0.433. The molecule has 5 heterocycles. The Bertz CT molecular complexity index is 1250. The first-order valence-corrected chi connectivity index (χ1v) is 10.9. The maximum atomic E-state index is 5.76. The summed E-state index contributed by atoms with van der Waals surface area (Å²) in [6.45, 7) is 4.78. The molecule has 4 aromatic rings. The van der Waals surface area contributed by atoms with Crippen molar-refractivity contribution in [2.24, 2.45) is 0 Å². The zero-order valence-electron chi connectivity index (χ0n) is 18.7. The zero-order valence-corrected chi connectivity index (χ0v) is 18.7. The largest absolute Gasteiger partial charge is 0.481 e. The monoisotopic (exact) mass is 447 g/mol. The number of nitrogens with one attached hydrogen (secondary N) is 2. The standard InChI is InChI=1S/C22H25N9O2/c1-4-14-21(24-8-7-23-14)15-11-17(33-30-15)16-6-5-9-31(16)22-26-18(12-20(27-22)32-3)25-19-10-13(2)28-29-19/h7-8,10-12,16H,4-6,9H2,1-3H3,(H2,25,26,27,28,29). The van der Waals surface area contributed by atoms with Gasteiger partial charge < -0.3 is 19.5 Å². The number of ether oxygens (including phenoxy) is 1. The van der Waals surface area contributed by atoms with Crippen LogP contribution in [0.1, 0.15) is 43.0 Å². The molecule has 1 fully saturated rings. The van der Waals surface area contributed by atoms with Gasteiger partial charge in [-0.25, -0.2) is 0 Å². The third-order valence-corrected chi connectivity index (χ3v) is 5.58. The number of anilines is 3. The van der Waals surface area contributed by atoms with Crippen molar-refractivity contribution in [1.29, 1.82) is 0 Å². The molecule has 0 amide bonds. The number of aryl methyl sites for hydroxylation is 2. The number of rotatable bonds is 7. The Kier molecular flexibility index (Phi) is 5.59. The van der Waals surface area contributed by atoms with Crippen LogP contribution in [0.2, 0.25) is 0 Å². The van der Waals surface area contributed by atoms with Crippen molar-refractivity contribution in [2.45, 2.75) is 39.2 Å². The first-order chi connectivity index (χ1) is 16.1. The van der Waals surface area contributed by atoms with Crippen LogP contribution in [0, 0.1) is 6.92 Å². The second kappa shape index (κ2) is 8.85. The van der Waals surface area contributed by atoms with Gasteiger partial charge in [0.15, 0.2) is 11.6 Å². The summed E-state index contributed by atoms with van der Waals surface area (Å²) >= 11 is 0. The summed E-state index contributed by atoms with van der Waals surface area (Å²) in [6.07, 6.45) is 6.01. The highest BCUT2D eigenvalue weighted by atomic mass is 16.5. The molecule has 1 aliphatic heterocycles. The first kappa shape index (κ1) is 20.9. The van der Waals surface area contributed by atoms with E-state index in [1.54, 1.807) is 25.6 Å². The van der Waals surface area contributed by atoms with E-state index in [0.717, 1.165) is 48.6 Å². The van der Waals surface area contributed by atoms with Crippen LogP contribution in [-0.4, -0.2) is 48.9 Å². The molecule has 0 bridgehead atoms. The van der Waals surface area contributed by atoms with E-state index in [1.807, 2.05) is 26.0 Å². The van der Waals surface area contributed by atoms with Crippen LogP contribution in [0.15, 0.2) is 35.1 Å². The van der Waals surface area contributed by atoms with Crippen molar-refractivity contribution in [3.05, 3.63) is 47.7 Å². The fourth-order valence-corrected chi connectivity index (χ4v) is 4.02. The van der Waals surface area contributed by atoms with Gasteiger partial charge in [-0.15, -0.1) is 0 Å². The molecule has 1 aliphatic rings. The van der Waals surface area contributed by atoms with Crippen molar-refractivity contribution < 1.29 is 9.26 Å². The fourth-order valence-electron chi connectivity index (χ4n) is 4.02. The summed E-state index contributed by atoms with van der Waals surface area (Å²) in [5, 5.41) is 14.6. The molecule has 0 saturated carbocycles. The highest BCUT2D eigenvalue weighted by molar-refractivity contribution is 5.58. The number of hydrogen-bond donors (Lipinski definition) is 2. The van der Waals surface area contributed by atoms with Gasteiger partial charge in [-0.1, -0.05) is 12.1 Å². The van der Waals surface area contributed by atoms with E-state index in [9.17, 15) is 0 Å². The molecule has 33 heavy (non-hydrogen) atoms. The smallest absolute Gasteiger partial charge is 0.231 e. The molecule has 1 atom stereocenters. The van der Waals surface area contributed by atoms with Crippen LogP contribution in [0.25, 0.3) is 11.4 Å². The van der Waals surface area contributed by atoms with Crippen molar-refractivity contribution in [1.82, 2.24) is 35.3 Å². The minimum Gasteiger partial charge on any atom is -0.481 e. The minimum absolute atomic E-state index is 0.0411. The number of methoxy groups -OCH3 is 1. The van der Waals surface area contributed by atoms with Crippen LogP contribution in [0.3, 0.4) is 0 Å². The molecule has 4 aromatic heterocycles. The lowest BCUT2D eigenvalue weighted by atomic mass is 10.1. The van der Waals surface area contributed by atoms with Gasteiger partial charge in [0.25, 0.3) is 0 Å². The van der Waals surface area contributed by atoms with E-state index in [2.05, 4.69) is 40.5 Å². The topological polar surface area (TPSA) is 131 Å². The van der Waals surface area contributed by atoms with E-state index in [4.69, 9.17) is 14.2 Å². The molecular weight excluding hydrogens is 422 g/mol. The van der Waals surface area contributed by atoms with Gasteiger partial charge in [0.2, 0.25) is 11.8 Å². The highest BCUT2D eigenvalue weighted by Gasteiger charge is 2.32. The SMILES string of the molecule is CCc1nccnc1-c1cc(C2CCCN2c2nc(Nc3cc(C)[nH]n3)cc(OC)n2)on1. The van der Waals surface area contributed by atoms with Crippen molar-refractivity contribution >= 4 is 17.6 Å². The van der Waals surface area contributed by atoms with E-state index in [0.29, 0.717) is 29.2 Å². The minimum atomic E-state index is -0.0411. The normalized spacial score (nSPS) is 15.7. The summed E-state index contributed by atoms with van der Waals surface area (Å²) in [5.41, 5.74) is 3.28. The second-order valence-corrected chi connectivity index (χ2v) is 7.83. The van der Waals surface area contributed by atoms with Gasteiger partial charge in [0.1, 0.15) is 17.2 Å². The number of nitrogens with zero attached hydrogens (tertiary/aromatic N) is 7. The predicted molar refractivity (Wildman–Crippen MR) is 121 cm³/mol. The van der Waals surface area contributed by atoms with E-state index in [1.165, 1.54) is 0 Å². The number of hydrogen-bond acceptors (Lipinski definition) is 10. The molecule has 0 aromatic carbocycles. The maximum Gasteiger partial charge on any atom is 0.231 e. The average Bonchev–Trinajstić information content (AvgIpc) is 3.59. The van der Waals surface area contributed by atoms with Crippen LogP contribution >= 0.6 is 0 Å². The summed E-state index contributed by atoms with van der Waals surface area (Å²) in [7, 11) is 1.59. The Morgan fingerprint density at radius 2 is 2.06 bits per heavy atom. The summed E-state index contributed by atoms with van der Waals surface area (Å²) < 4.78 is 11.2. The first-order valence-electron chi connectivity index (χ1n) is 10.9. The predicted octanol–water partition coefficient (Wildman–Crippen LogP) is 3.61. The lowest BCUT2D eigenvalue weighted by Gasteiger charge is -2.23. The Morgan fingerprint density at radius 1 is 1.18 bits per heavy atom. The molecule has 1 saturated heterocycles. The third kappa shape index (κ3) is 4.21.